The van der Waals surface area contributed by atoms with Gasteiger partial charge in [0.05, 0.1) is 10.7 Å². The first-order valence-corrected chi connectivity index (χ1v) is 6.98. The summed E-state index contributed by atoms with van der Waals surface area (Å²) in [6.07, 6.45) is 2.48. The predicted octanol–water partition coefficient (Wildman–Crippen LogP) is 1.55. The van der Waals surface area contributed by atoms with Crippen molar-refractivity contribution >= 4 is 17.4 Å². The lowest BCUT2D eigenvalue weighted by atomic mass is 10.2. The quantitative estimate of drug-likeness (QED) is 0.634. The van der Waals surface area contributed by atoms with Crippen LogP contribution >= 0.6 is 11.6 Å². The van der Waals surface area contributed by atoms with Gasteiger partial charge in [0.2, 0.25) is 0 Å². The minimum absolute atomic E-state index is 0.586. The monoisotopic (exact) mass is 283 g/mol. The SMILES string of the molecule is CN(C)CC1CCCN1Cc1nc(NN)ccc1Cl. The molecule has 1 fully saturated rings. The summed E-state index contributed by atoms with van der Waals surface area (Å²) < 4.78 is 0. The first-order chi connectivity index (χ1) is 9.10. The van der Waals surface area contributed by atoms with E-state index in [-0.39, 0.29) is 0 Å². The van der Waals surface area contributed by atoms with Crippen LogP contribution in [0.1, 0.15) is 18.5 Å². The maximum absolute atomic E-state index is 6.22. The molecule has 1 aromatic rings. The Morgan fingerprint density at radius 2 is 2.32 bits per heavy atom. The molecule has 5 nitrogen and oxygen atoms in total. The maximum Gasteiger partial charge on any atom is 0.140 e. The van der Waals surface area contributed by atoms with Crippen molar-refractivity contribution in [2.75, 3.05) is 32.6 Å². The molecule has 1 atom stereocenters. The lowest BCUT2D eigenvalue weighted by molar-refractivity contribution is 0.199. The van der Waals surface area contributed by atoms with Gasteiger partial charge < -0.3 is 10.3 Å². The number of nitrogens with two attached hydrogens (primary N) is 1. The molecule has 2 heterocycles. The van der Waals surface area contributed by atoms with Gasteiger partial charge in [-0.1, -0.05) is 11.6 Å². The van der Waals surface area contributed by atoms with E-state index in [0.29, 0.717) is 16.9 Å². The molecule has 0 spiro atoms. The molecule has 1 aliphatic rings. The van der Waals surface area contributed by atoms with Crippen molar-refractivity contribution in [3.8, 4) is 0 Å². The number of likely N-dealkylation sites (tertiary alicyclic amines) is 1. The minimum atomic E-state index is 0.586. The molecule has 1 aliphatic heterocycles. The van der Waals surface area contributed by atoms with Gasteiger partial charge in [-0.25, -0.2) is 10.8 Å². The summed E-state index contributed by atoms with van der Waals surface area (Å²) >= 11 is 6.22. The maximum atomic E-state index is 6.22. The van der Waals surface area contributed by atoms with Crippen LogP contribution in [0.25, 0.3) is 0 Å². The van der Waals surface area contributed by atoms with Crippen molar-refractivity contribution in [1.29, 1.82) is 0 Å². The number of hydrogen-bond donors (Lipinski definition) is 2. The van der Waals surface area contributed by atoms with Crippen LogP contribution in [0, 0.1) is 0 Å². The fraction of sp³-hybridized carbons (Fsp3) is 0.615. The van der Waals surface area contributed by atoms with E-state index in [1.165, 1.54) is 12.8 Å². The highest BCUT2D eigenvalue weighted by Gasteiger charge is 2.25. The zero-order valence-corrected chi connectivity index (χ0v) is 12.3. The molecule has 19 heavy (non-hydrogen) atoms. The molecule has 1 saturated heterocycles. The molecule has 0 saturated carbocycles. The summed E-state index contributed by atoms with van der Waals surface area (Å²) in [5.74, 6) is 6.05. The van der Waals surface area contributed by atoms with Crippen molar-refractivity contribution in [3.63, 3.8) is 0 Å². The fourth-order valence-corrected chi connectivity index (χ4v) is 2.76. The van der Waals surface area contributed by atoms with E-state index in [2.05, 4.69) is 34.3 Å². The third kappa shape index (κ3) is 3.79. The summed E-state index contributed by atoms with van der Waals surface area (Å²) in [5.41, 5.74) is 3.46. The Morgan fingerprint density at radius 1 is 1.53 bits per heavy atom. The molecule has 0 aliphatic carbocycles. The highest BCUT2D eigenvalue weighted by Crippen LogP contribution is 2.24. The Bertz CT molecular complexity index is 423. The number of aromatic nitrogens is 1. The van der Waals surface area contributed by atoms with Crippen molar-refractivity contribution in [1.82, 2.24) is 14.8 Å². The van der Waals surface area contributed by atoms with Crippen LogP contribution in [0.15, 0.2) is 12.1 Å². The van der Waals surface area contributed by atoms with E-state index in [0.717, 1.165) is 25.3 Å². The Hall–Kier alpha value is -0.880. The van der Waals surface area contributed by atoms with E-state index in [1.54, 1.807) is 6.07 Å². The van der Waals surface area contributed by atoms with Gasteiger partial charge in [-0.3, -0.25) is 4.90 Å². The molecule has 1 unspecified atom stereocenters. The predicted molar refractivity (Wildman–Crippen MR) is 79.0 cm³/mol. The normalized spacial score (nSPS) is 20.2. The molecular formula is C13H22ClN5. The Balaban J connectivity index is 2.07. The highest BCUT2D eigenvalue weighted by atomic mass is 35.5. The first kappa shape index (κ1) is 14.5. The number of likely N-dealkylation sites (N-methyl/N-ethyl adjacent to an activating group) is 1. The average Bonchev–Trinajstić information content (AvgIpc) is 2.78. The fourth-order valence-electron chi connectivity index (χ4n) is 2.60. The van der Waals surface area contributed by atoms with E-state index < -0.39 is 0 Å². The van der Waals surface area contributed by atoms with Crippen molar-refractivity contribution in [2.24, 2.45) is 5.84 Å². The summed E-state index contributed by atoms with van der Waals surface area (Å²) in [4.78, 5) is 9.13. The van der Waals surface area contributed by atoms with Gasteiger partial charge in [0.25, 0.3) is 0 Å². The summed E-state index contributed by atoms with van der Waals surface area (Å²) in [6.45, 7) is 2.97. The van der Waals surface area contributed by atoms with E-state index in [4.69, 9.17) is 17.4 Å². The van der Waals surface area contributed by atoms with Crippen LogP contribution in [0.2, 0.25) is 5.02 Å². The third-order valence-electron chi connectivity index (χ3n) is 3.49. The number of rotatable bonds is 5. The summed E-state index contributed by atoms with van der Waals surface area (Å²) in [7, 11) is 4.22. The number of halogens is 1. The first-order valence-electron chi connectivity index (χ1n) is 6.61. The Labute approximate surface area is 119 Å². The van der Waals surface area contributed by atoms with Crippen molar-refractivity contribution in [3.05, 3.63) is 22.8 Å². The molecule has 3 N–H and O–H groups in total. The van der Waals surface area contributed by atoms with Crippen molar-refractivity contribution in [2.45, 2.75) is 25.4 Å². The number of pyridine rings is 1. The van der Waals surface area contributed by atoms with Crippen LogP contribution in [-0.4, -0.2) is 48.0 Å². The average molecular weight is 284 g/mol. The van der Waals surface area contributed by atoms with Crippen LogP contribution in [0.4, 0.5) is 5.82 Å². The Morgan fingerprint density at radius 3 is 3.00 bits per heavy atom. The molecule has 0 radical (unpaired) electrons. The standard InChI is InChI=1S/C13H22ClN5/c1-18(2)8-10-4-3-7-19(10)9-12-11(14)5-6-13(16-12)17-15/h5-6,10H,3-4,7-9,15H2,1-2H3,(H,16,17). The second-order valence-corrected chi connectivity index (χ2v) is 5.71. The summed E-state index contributed by atoms with van der Waals surface area (Å²) in [6, 6.07) is 4.21. The molecule has 6 heteroatoms. The van der Waals surface area contributed by atoms with Crippen LogP contribution in [0.5, 0.6) is 0 Å². The number of nitrogens with one attached hydrogen (secondary N) is 1. The molecule has 0 amide bonds. The van der Waals surface area contributed by atoms with Crippen LogP contribution in [-0.2, 0) is 6.54 Å². The second-order valence-electron chi connectivity index (χ2n) is 5.30. The number of nitrogens with zero attached hydrogens (tertiary/aromatic N) is 3. The number of nitrogen functional groups attached to an aromatic ring is 1. The van der Waals surface area contributed by atoms with Gasteiger partial charge in [-0.05, 0) is 45.6 Å². The molecule has 2 rings (SSSR count). The van der Waals surface area contributed by atoms with Crippen LogP contribution in [0.3, 0.4) is 0 Å². The van der Waals surface area contributed by atoms with Crippen LogP contribution < -0.4 is 11.3 Å². The van der Waals surface area contributed by atoms with E-state index in [1.807, 2.05) is 6.07 Å². The molecule has 0 bridgehead atoms. The smallest absolute Gasteiger partial charge is 0.140 e. The lowest BCUT2D eigenvalue weighted by Gasteiger charge is -2.27. The zero-order valence-electron chi connectivity index (χ0n) is 11.6. The minimum Gasteiger partial charge on any atom is -0.308 e. The second kappa shape index (κ2) is 6.52. The van der Waals surface area contributed by atoms with Gasteiger partial charge in [-0.2, -0.15) is 0 Å². The third-order valence-corrected chi connectivity index (χ3v) is 3.84. The molecule has 106 valence electrons. The highest BCUT2D eigenvalue weighted by molar-refractivity contribution is 6.31. The molecule has 1 aromatic heterocycles. The topological polar surface area (TPSA) is 57.4 Å². The number of hydrogen-bond acceptors (Lipinski definition) is 5. The zero-order chi connectivity index (χ0) is 13.8. The van der Waals surface area contributed by atoms with E-state index >= 15 is 0 Å². The van der Waals surface area contributed by atoms with Gasteiger partial charge in [-0.15, -0.1) is 0 Å². The number of anilines is 1. The van der Waals surface area contributed by atoms with Gasteiger partial charge in [0, 0.05) is 19.1 Å². The van der Waals surface area contributed by atoms with Gasteiger partial charge in [0.15, 0.2) is 0 Å². The van der Waals surface area contributed by atoms with Gasteiger partial charge in [0.1, 0.15) is 5.82 Å². The van der Waals surface area contributed by atoms with Crippen molar-refractivity contribution < 1.29 is 0 Å². The van der Waals surface area contributed by atoms with E-state index in [9.17, 15) is 0 Å². The summed E-state index contributed by atoms with van der Waals surface area (Å²) in [5, 5.41) is 0.703. The Kier molecular flexibility index (Phi) is 4.99. The number of hydrazine groups is 1. The molecule has 0 aromatic carbocycles. The molecular weight excluding hydrogens is 262 g/mol. The lowest BCUT2D eigenvalue weighted by Crippen LogP contribution is -2.37. The van der Waals surface area contributed by atoms with Gasteiger partial charge >= 0.3 is 0 Å². The largest absolute Gasteiger partial charge is 0.308 e.